The smallest absolute Gasteiger partial charge is 0.262 e. The van der Waals surface area contributed by atoms with E-state index in [1.807, 2.05) is 24.3 Å². The predicted octanol–water partition coefficient (Wildman–Crippen LogP) is 5.18. The van der Waals surface area contributed by atoms with Gasteiger partial charge in [-0.15, -0.1) is 27.8 Å². The van der Waals surface area contributed by atoms with Crippen LogP contribution < -0.4 is 10.2 Å². The number of halogens is 1. The molecule has 5 aromatic heterocycles. The van der Waals surface area contributed by atoms with E-state index in [1.54, 1.807) is 46.8 Å². The molecule has 9 nitrogen and oxygen atoms in total. The van der Waals surface area contributed by atoms with E-state index < -0.39 is 11.7 Å². The maximum absolute atomic E-state index is 15.7. The van der Waals surface area contributed by atoms with E-state index in [9.17, 15) is 9.90 Å². The molecule has 1 amide bonds. The fourth-order valence-corrected chi connectivity index (χ4v) is 7.22. The van der Waals surface area contributed by atoms with Crippen molar-refractivity contribution >= 4 is 55.6 Å². The van der Waals surface area contributed by atoms with Gasteiger partial charge in [-0.2, -0.15) is 4.68 Å². The summed E-state index contributed by atoms with van der Waals surface area (Å²) in [4.78, 5) is 27.8. The molecule has 1 aromatic carbocycles. The van der Waals surface area contributed by atoms with Crippen LogP contribution in [0.3, 0.4) is 0 Å². The highest BCUT2D eigenvalue weighted by atomic mass is 32.1. The average Bonchev–Trinajstić information content (AvgIpc) is 3.76. The van der Waals surface area contributed by atoms with E-state index in [2.05, 4.69) is 25.6 Å². The van der Waals surface area contributed by atoms with Crippen LogP contribution in [0.25, 0.3) is 36.7 Å². The first-order chi connectivity index (χ1) is 20.1. The molecule has 1 aliphatic rings. The number of pyridine rings is 2. The molecule has 0 aliphatic carbocycles. The van der Waals surface area contributed by atoms with Gasteiger partial charge in [0.2, 0.25) is 0 Å². The summed E-state index contributed by atoms with van der Waals surface area (Å²) in [5, 5.41) is 21.9. The Labute approximate surface area is 241 Å². The minimum atomic E-state index is -0.658. The van der Waals surface area contributed by atoms with E-state index in [4.69, 9.17) is 0 Å². The summed E-state index contributed by atoms with van der Waals surface area (Å²) in [6.45, 7) is 1.45. The van der Waals surface area contributed by atoms with Crippen LogP contribution in [0.1, 0.15) is 28.1 Å². The number of piperidine rings is 1. The van der Waals surface area contributed by atoms with Gasteiger partial charge in [-0.05, 0) is 67.9 Å². The monoisotopic (exact) mass is 585 g/mol. The summed E-state index contributed by atoms with van der Waals surface area (Å²) < 4.78 is 18.2. The third-order valence-corrected chi connectivity index (χ3v) is 9.57. The van der Waals surface area contributed by atoms with Crippen molar-refractivity contribution in [3.05, 3.63) is 83.2 Å². The SMILES string of the molecule is O=C(c1ccc(-n2nnc3cccnc32)cc1F)N(c1nccc2sc(-c3ccc(CO)s3)cc12)[C@@H]1CCCNC1. The number of rotatable bonds is 6. The van der Waals surface area contributed by atoms with E-state index in [-0.39, 0.29) is 18.2 Å². The quantitative estimate of drug-likeness (QED) is 0.277. The largest absolute Gasteiger partial charge is 0.391 e. The second-order valence-electron chi connectivity index (χ2n) is 9.77. The number of benzene rings is 1. The van der Waals surface area contributed by atoms with Crippen LogP contribution in [0.5, 0.6) is 0 Å². The zero-order valence-corrected chi connectivity index (χ0v) is 23.3. The number of aliphatic hydroxyl groups excluding tert-OH is 1. The normalized spacial score (nSPS) is 15.5. The van der Waals surface area contributed by atoms with Gasteiger partial charge in [-0.25, -0.2) is 14.4 Å². The van der Waals surface area contributed by atoms with Crippen molar-refractivity contribution in [3.63, 3.8) is 0 Å². The van der Waals surface area contributed by atoms with Crippen LogP contribution in [0.4, 0.5) is 10.2 Å². The van der Waals surface area contributed by atoms with E-state index in [0.29, 0.717) is 29.2 Å². The molecule has 1 atom stereocenters. The van der Waals surface area contributed by atoms with E-state index in [1.165, 1.54) is 28.2 Å². The molecule has 1 saturated heterocycles. The first kappa shape index (κ1) is 25.8. The molecule has 0 bridgehead atoms. The van der Waals surface area contributed by atoms with Crippen LogP contribution in [0.2, 0.25) is 0 Å². The number of nitrogens with zero attached hydrogens (tertiary/aromatic N) is 6. The molecule has 6 heterocycles. The number of carbonyl (C=O) groups excluding carboxylic acids is 1. The molecule has 0 saturated carbocycles. The van der Waals surface area contributed by atoms with Gasteiger partial charge in [0.15, 0.2) is 5.65 Å². The Kier molecular flexibility index (Phi) is 6.75. The number of thiophene rings is 2. The molecule has 2 N–H and O–H groups in total. The number of anilines is 1. The van der Waals surface area contributed by atoms with Gasteiger partial charge in [-0.3, -0.25) is 9.69 Å². The van der Waals surface area contributed by atoms with Crippen LogP contribution in [0, 0.1) is 5.82 Å². The van der Waals surface area contributed by atoms with Gasteiger partial charge >= 0.3 is 0 Å². The molecule has 0 radical (unpaired) electrons. The van der Waals surface area contributed by atoms with Gasteiger partial charge in [0.05, 0.1) is 23.9 Å². The Bertz CT molecular complexity index is 1890. The molecule has 1 fully saturated rings. The summed E-state index contributed by atoms with van der Waals surface area (Å²) >= 11 is 3.14. The molecule has 6 aromatic rings. The second kappa shape index (κ2) is 10.7. The van der Waals surface area contributed by atoms with Gasteiger partial charge in [0.25, 0.3) is 5.91 Å². The number of fused-ring (bicyclic) bond motifs is 2. The fourth-order valence-electron chi connectivity index (χ4n) is 5.22. The maximum Gasteiger partial charge on any atom is 0.262 e. The molecule has 41 heavy (non-hydrogen) atoms. The average molecular weight is 586 g/mol. The van der Waals surface area contributed by atoms with Crippen molar-refractivity contribution in [2.45, 2.75) is 25.5 Å². The number of hydrogen-bond acceptors (Lipinski definition) is 9. The lowest BCUT2D eigenvalue weighted by Crippen LogP contribution is -2.49. The Morgan fingerprint density at radius 3 is 2.83 bits per heavy atom. The Hall–Kier alpha value is -4.10. The van der Waals surface area contributed by atoms with Crippen LogP contribution in [-0.2, 0) is 6.61 Å². The highest BCUT2D eigenvalue weighted by Gasteiger charge is 2.32. The van der Waals surface area contributed by atoms with Crippen molar-refractivity contribution in [2.75, 3.05) is 18.0 Å². The lowest BCUT2D eigenvalue weighted by atomic mass is 10.0. The predicted molar refractivity (Wildman–Crippen MR) is 158 cm³/mol. The molecule has 12 heteroatoms. The third kappa shape index (κ3) is 4.68. The lowest BCUT2D eigenvalue weighted by Gasteiger charge is -2.34. The van der Waals surface area contributed by atoms with Gasteiger partial charge < -0.3 is 10.4 Å². The second-order valence-corrected chi connectivity index (χ2v) is 12.0. The highest BCUT2D eigenvalue weighted by Crippen LogP contribution is 2.41. The molecule has 1 aliphatic heterocycles. The molecular weight excluding hydrogens is 561 g/mol. The lowest BCUT2D eigenvalue weighted by molar-refractivity contribution is 0.0968. The van der Waals surface area contributed by atoms with E-state index in [0.717, 1.165) is 44.1 Å². The number of nitrogens with one attached hydrogen (secondary N) is 1. The topological polar surface area (TPSA) is 109 Å². The van der Waals surface area contributed by atoms with Crippen molar-refractivity contribution in [1.29, 1.82) is 0 Å². The highest BCUT2D eigenvalue weighted by molar-refractivity contribution is 7.26. The van der Waals surface area contributed by atoms with Crippen molar-refractivity contribution < 1.29 is 14.3 Å². The molecular formula is C29H24FN7O2S2. The third-order valence-electron chi connectivity index (χ3n) is 7.20. The van der Waals surface area contributed by atoms with Crippen molar-refractivity contribution in [1.82, 2.24) is 30.3 Å². The Balaban J connectivity index is 1.30. The fraction of sp³-hybridized carbons (Fsp3) is 0.207. The van der Waals surface area contributed by atoms with Gasteiger partial charge in [-0.1, -0.05) is 5.21 Å². The maximum atomic E-state index is 15.7. The summed E-state index contributed by atoms with van der Waals surface area (Å²) in [7, 11) is 0. The zero-order valence-electron chi connectivity index (χ0n) is 21.7. The molecule has 0 unspecified atom stereocenters. The summed E-state index contributed by atoms with van der Waals surface area (Å²) in [5.74, 6) is -0.595. The first-order valence-corrected chi connectivity index (χ1v) is 14.8. The minimum absolute atomic E-state index is 0.00662. The number of carbonyl (C=O) groups is 1. The Morgan fingerprint density at radius 2 is 2.02 bits per heavy atom. The minimum Gasteiger partial charge on any atom is -0.391 e. The summed E-state index contributed by atoms with van der Waals surface area (Å²) in [6.07, 6.45) is 4.99. The van der Waals surface area contributed by atoms with Gasteiger partial charge in [0, 0.05) is 49.7 Å². The number of aromatic nitrogens is 5. The first-order valence-electron chi connectivity index (χ1n) is 13.2. The van der Waals surface area contributed by atoms with Crippen LogP contribution in [0.15, 0.2) is 67.0 Å². The molecule has 7 rings (SSSR count). The van der Waals surface area contributed by atoms with Gasteiger partial charge in [0.1, 0.15) is 17.2 Å². The summed E-state index contributed by atoms with van der Waals surface area (Å²) in [5.41, 5.74) is 1.47. The van der Waals surface area contributed by atoms with Crippen LogP contribution >= 0.6 is 22.7 Å². The number of hydrogen-bond donors (Lipinski definition) is 2. The van der Waals surface area contributed by atoms with Crippen LogP contribution in [-0.4, -0.2) is 55.1 Å². The summed E-state index contributed by atoms with van der Waals surface area (Å²) in [6, 6.07) is 15.7. The van der Waals surface area contributed by atoms with Crippen molar-refractivity contribution in [2.24, 2.45) is 0 Å². The Morgan fingerprint density at radius 1 is 1.10 bits per heavy atom. The molecule has 206 valence electrons. The molecule has 0 spiro atoms. The van der Waals surface area contributed by atoms with Crippen molar-refractivity contribution in [3.8, 4) is 15.4 Å². The van der Waals surface area contributed by atoms with E-state index >= 15 is 4.39 Å². The standard InChI is InChI=1S/C29H24FN7O2S2/c30-22-13-17(37-28-23(34-35-37)4-2-11-32-28)5-7-20(22)29(39)36(18-3-1-10-31-15-18)27-21-14-26(41-24(21)9-12-33-27)25-8-6-19(16-38)40-25/h2,4-9,11-14,18,31,38H,1,3,10,15-16H2/t18-/m1/s1. The number of aliphatic hydroxyl groups is 1. The number of amides is 1. The zero-order chi connectivity index (χ0) is 27.9.